The molecule has 0 aliphatic heterocycles. The molecule has 0 atom stereocenters. The van der Waals surface area contributed by atoms with Gasteiger partial charge >= 0.3 is 0 Å². The predicted octanol–water partition coefficient (Wildman–Crippen LogP) is 14.8. The zero-order valence-corrected chi connectivity index (χ0v) is 40.3. The van der Waals surface area contributed by atoms with Gasteiger partial charge in [-0.1, -0.05) is 189 Å². The number of pyridine rings is 1. The van der Waals surface area contributed by atoms with Crippen LogP contribution in [-0.4, -0.2) is 19.6 Å². The minimum absolute atomic E-state index is 0. The van der Waals surface area contributed by atoms with E-state index in [1.807, 2.05) is 6.07 Å². The Hall–Kier alpha value is -5.57. The Labute approximate surface area is 387 Å². The van der Waals surface area contributed by atoms with Gasteiger partial charge in [-0.25, -0.2) is 0 Å². The van der Waals surface area contributed by atoms with Crippen LogP contribution in [0, 0.1) is 6.07 Å². The van der Waals surface area contributed by atoms with Crippen LogP contribution in [0.1, 0.15) is 149 Å². The van der Waals surface area contributed by atoms with Gasteiger partial charge in [0.2, 0.25) is 0 Å². The normalized spacial score (nSPS) is 15.4. The molecule has 4 nitrogen and oxygen atoms in total. The number of benzene rings is 6. The molecule has 3 aliphatic rings. The standard InChI is InChI=1S/C58H56N3O.Pt/c1-33(2)37-23-17-24-38(34(3)4)54(37)61-50-28-16-15-25-49(50)60-56(61)35-29-43(53-45(30-35)51-39-19-11-13-21-41(39)52(53)42-22-14-12-20-40(42)51)47-26-18-27-48(59-47)44-31-36(57(5,6)7)32-46(55(44)62)58(8,9)10;/h11-28,30-34,51-52,62H,1-10H3;/q-1;. The average Bonchev–Trinajstić information content (AvgIpc) is 3.64. The van der Waals surface area contributed by atoms with E-state index in [9.17, 15) is 5.11 Å². The summed E-state index contributed by atoms with van der Waals surface area (Å²) >= 11 is 0. The Morgan fingerprint density at radius 2 is 1.14 bits per heavy atom. The molecule has 1 N–H and O–H groups in total. The molecule has 0 amide bonds. The van der Waals surface area contributed by atoms with Crippen molar-refractivity contribution in [1.29, 1.82) is 0 Å². The summed E-state index contributed by atoms with van der Waals surface area (Å²) in [4.78, 5) is 11.1. The van der Waals surface area contributed by atoms with Crippen LogP contribution in [0.15, 0.2) is 127 Å². The fourth-order valence-corrected chi connectivity index (χ4v) is 10.3. The van der Waals surface area contributed by atoms with Gasteiger partial charge in [0.25, 0.3) is 0 Å². The number of hydrogen-bond donors (Lipinski definition) is 1. The topological polar surface area (TPSA) is 50.9 Å². The maximum absolute atomic E-state index is 12.1. The minimum Gasteiger partial charge on any atom is -0.507 e. The number of aromatic nitrogens is 3. The van der Waals surface area contributed by atoms with Gasteiger partial charge in [-0.3, -0.25) is 9.97 Å². The molecule has 0 spiro atoms. The number of fused-ring (bicyclic) bond motifs is 1. The summed E-state index contributed by atoms with van der Waals surface area (Å²) in [6.45, 7) is 22.3. The number of hydrogen-bond acceptors (Lipinski definition) is 3. The third-order valence-corrected chi connectivity index (χ3v) is 13.4. The molecule has 6 aromatic carbocycles. The SMILES string of the molecule is CC(C)c1cccc(C(C)C)c1-n1c(-c2[c-]c(-c3cccc(-c4cc(C(C)(C)C)cc(C(C)(C)C)c4O)n3)c3c(c2)C2c4ccccc4C3c3ccccc32)nc2ccccc21.[Pt]. The van der Waals surface area contributed by atoms with Crippen molar-refractivity contribution in [3.63, 3.8) is 0 Å². The fraction of sp³-hybridized carbons (Fsp3) is 0.276. The first kappa shape index (κ1) is 42.7. The van der Waals surface area contributed by atoms with Crippen LogP contribution >= 0.6 is 0 Å². The number of phenols is 1. The van der Waals surface area contributed by atoms with Gasteiger partial charge in [-0.2, -0.15) is 0 Å². The van der Waals surface area contributed by atoms with Crippen molar-refractivity contribution < 1.29 is 26.2 Å². The fourth-order valence-electron chi connectivity index (χ4n) is 10.3. The van der Waals surface area contributed by atoms with E-state index >= 15 is 0 Å². The van der Waals surface area contributed by atoms with Gasteiger partial charge in [0, 0.05) is 55.4 Å². The van der Waals surface area contributed by atoms with E-state index in [-0.39, 0.29) is 49.5 Å². The van der Waals surface area contributed by atoms with Crippen LogP contribution in [0.4, 0.5) is 0 Å². The van der Waals surface area contributed by atoms with Crippen molar-refractivity contribution in [3.8, 4) is 45.3 Å². The van der Waals surface area contributed by atoms with Crippen LogP contribution in [0.25, 0.3) is 50.6 Å². The van der Waals surface area contributed by atoms with E-state index in [0.29, 0.717) is 11.8 Å². The number of para-hydroxylation sites is 3. The molecular weight excluding hydrogens is 950 g/mol. The molecule has 320 valence electrons. The third-order valence-electron chi connectivity index (χ3n) is 13.4. The van der Waals surface area contributed by atoms with Crippen molar-refractivity contribution in [1.82, 2.24) is 14.5 Å². The Morgan fingerprint density at radius 3 is 1.73 bits per heavy atom. The van der Waals surface area contributed by atoms with Crippen LogP contribution in [0.3, 0.4) is 0 Å². The summed E-state index contributed by atoms with van der Waals surface area (Å²) in [5.41, 5.74) is 19.6. The van der Waals surface area contributed by atoms with Crippen molar-refractivity contribution in [2.75, 3.05) is 0 Å². The maximum atomic E-state index is 12.1. The predicted molar refractivity (Wildman–Crippen MR) is 256 cm³/mol. The summed E-state index contributed by atoms with van der Waals surface area (Å²) in [6, 6.07) is 50.4. The van der Waals surface area contributed by atoms with E-state index in [0.717, 1.165) is 50.5 Å². The molecule has 2 heterocycles. The van der Waals surface area contributed by atoms with Crippen molar-refractivity contribution >= 4 is 11.0 Å². The monoisotopic (exact) mass is 1010 g/mol. The van der Waals surface area contributed by atoms with Crippen LogP contribution in [-0.2, 0) is 31.9 Å². The molecule has 0 fully saturated rings. The molecule has 3 aliphatic carbocycles. The molecule has 5 heteroatoms. The summed E-state index contributed by atoms with van der Waals surface area (Å²) in [5, 5.41) is 12.1. The molecule has 63 heavy (non-hydrogen) atoms. The van der Waals surface area contributed by atoms with Crippen molar-refractivity contribution in [2.24, 2.45) is 0 Å². The van der Waals surface area contributed by atoms with Gasteiger partial charge < -0.3 is 9.67 Å². The molecule has 2 aromatic heterocycles. The molecule has 11 rings (SSSR count). The van der Waals surface area contributed by atoms with Gasteiger partial charge in [0.1, 0.15) is 5.75 Å². The van der Waals surface area contributed by atoms with Crippen molar-refractivity contribution in [3.05, 3.63) is 189 Å². The van der Waals surface area contributed by atoms with Crippen molar-refractivity contribution in [2.45, 2.75) is 104 Å². The summed E-state index contributed by atoms with van der Waals surface area (Å²) < 4.78 is 2.42. The van der Waals surface area contributed by atoms with Gasteiger partial charge in [0.05, 0.1) is 22.6 Å². The Morgan fingerprint density at radius 1 is 0.587 bits per heavy atom. The molecule has 2 bridgehead atoms. The van der Waals surface area contributed by atoms with Gasteiger partial charge in [-0.05, 0) is 85.9 Å². The Kier molecular flexibility index (Phi) is 10.6. The molecule has 0 unspecified atom stereocenters. The second-order valence-electron chi connectivity index (χ2n) is 20.2. The number of phenolic OH excluding ortho intramolecular Hbond substituents is 1. The molecule has 0 saturated carbocycles. The number of aromatic hydroxyl groups is 1. The number of imidazole rings is 1. The summed E-state index contributed by atoms with van der Waals surface area (Å²) in [5.74, 6) is 1.79. The van der Waals surface area contributed by atoms with Crippen LogP contribution in [0.2, 0.25) is 0 Å². The average molecular weight is 1010 g/mol. The number of nitrogens with zero attached hydrogens (tertiary/aromatic N) is 3. The summed E-state index contributed by atoms with van der Waals surface area (Å²) in [6.07, 6.45) is 0. The van der Waals surface area contributed by atoms with Crippen LogP contribution in [0.5, 0.6) is 5.75 Å². The second-order valence-corrected chi connectivity index (χ2v) is 20.2. The first-order valence-corrected chi connectivity index (χ1v) is 22.4. The second kappa shape index (κ2) is 15.6. The van der Waals surface area contributed by atoms with E-state index in [1.54, 1.807) is 0 Å². The third kappa shape index (κ3) is 6.92. The Balaban J connectivity index is 0.00000504. The largest absolute Gasteiger partial charge is 0.507 e. The van der Waals surface area contributed by atoms with E-state index in [2.05, 4.69) is 201 Å². The van der Waals surface area contributed by atoms with E-state index < -0.39 is 0 Å². The quantitative estimate of drug-likeness (QED) is 0.169. The van der Waals surface area contributed by atoms with Gasteiger partial charge in [0.15, 0.2) is 0 Å². The smallest absolute Gasteiger partial charge is 0.128 e. The first-order chi connectivity index (χ1) is 29.6. The summed E-state index contributed by atoms with van der Waals surface area (Å²) in [7, 11) is 0. The molecule has 0 radical (unpaired) electrons. The Bertz CT molecular complexity index is 3010. The van der Waals surface area contributed by atoms with Crippen LogP contribution < -0.4 is 0 Å². The number of rotatable bonds is 6. The van der Waals surface area contributed by atoms with E-state index in [4.69, 9.17) is 9.97 Å². The maximum Gasteiger partial charge on any atom is 0.128 e. The first-order valence-electron chi connectivity index (χ1n) is 22.4. The van der Waals surface area contributed by atoms with Gasteiger partial charge in [-0.15, -0.1) is 12.1 Å². The molecular formula is C58H56N3OPt-. The molecule has 8 aromatic rings. The zero-order chi connectivity index (χ0) is 43.4. The minimum atomic E-state index is -0.270. The zero-order valence-electron chi connectivity index (χ0n) is 38.0. The molecule has 0 saturated heterocycles. The van der Waals surface area contributed by atoms with E-state index in [1.165, 1.54) is 55.8 Å².